The smallest absolute Gasteiger partial charge is 0.0907 e. The Labute approximate surface area is 87.8 Å². The van der Waals surface area contributed by atoms with E-state index >= 15 is 0 Å². The van der Waals surface area contributed by atoms with Crippen molar-refractivity contribution < 1.29 is 0 Å². The predicted octanol–water partition coefficient (Wildman–Crippen LogP) is 2.49. The molecule has 1 aromatic heterocycles. The van der Waals surface area contributed by atoms with Crippen LogP contribution in [-0.2, 0) is 6.42 Å². The Morgan fingerprint density at radius 3 is 3.00 bits per heavy atom. The molecule has 14 heavy (non-hydrogen) atoms. The minimum atomic E-state index is 0.211. The number of hydrogen-bond acceptors (Lipinski definition) is 3. The summed E-state index contributed by atoms with van der Waals surface area (Å²) in [7, 11) is 0. The molecule has 0 saturated heterocycles. The lowest BCUT2D eigenvalue weighted by molar-refractivity contribution is 0.742. The monoisotopic (exact) mass is 206 g/mol. The van der Waals surface area contributed by atoms with Gasteiger partial charge in [-0.2, -0.15) is 0 Å². The zero-order valence-electron chi connectivity index (χ0n) is 8.45. The van der Waals surface area contributed by atoms with Crippen molar-refractivity contribution >= 4 is 21.6 Å². The molecule has 1 atom stereocenters. The topological polar surface area (TPSA) is 38.9 Å². The van der Waals surface area contributed by atoms with Gasteiger partial charge in [0.05, 0.1) is 15.2 Å². The molecular formula is C11H14N2S. The van der Waals surface area contributed by atoms with Crippen molar-refractivity contribution in [3.05, 3.63) is 28.8 Å². The second-order valence-electron chi connectivity index (χ2n) is 3.68. The Kier molecular flexibility index (Phi) is 2.52. The van der Waals surface area contributed by atoms with Crippen LogP contribution in [0.2, 0.25) is 0 Å². The first kappa shape index (κ1) is 9.62. The highest BCUT2D eigenvalue weighted by Gasteiger charge is 2.06. The van der Waals surface area contributed by atoms with Gasteiger partial charge in [-0.3, -0.25) is 0 Å². The fraction of sp³-hybridized carbons (Fsp3) is 0.364. The van der Waals surface area contributed by atoms with Crippen molar-refractivity contribution in [1.82, 2.24) is 4.98 Å². The van der Waals surface area contributed by atoms with E-state index in [4.69, 9.17) is 5.73 Å². The molecule has 2 aromatic rings. The number of thiazole rings is 1. The summed E-state index contributed by atoms with van der Waals surface area (Å²) in [5.74, 6) is 0. The number of benzene rings is 1. The van der Waals surface area contributed by atoms with Gasteiger partial charge in [0.1, 0.15) is 0 Å². The van der Waals surface area contributed by atoms with Crippen LogP contribution in [0.15, 0.2) is 18.2 Å². The van der Waals surface area contributed by atoms with Crippen LogP contribution in [0.1, 0.15) is 17.5 Å². The van der Waals surface area contributed by atoms with E-state index in [0.29, 0.717) is 0 Å². The molecule has 74 valence electrons. The summed E-state index contributed by atoms with van der Waals surface area (Å²) in [5.41, 5.74) is 8.23. The van der Waals surface area contributed by atoms with E-state index in [1.807, 2.05) is 13.8 Å². The number of aryl methyl sites for hydroxylation is 1. The molecular weight excluding hydrogens is 192 g/mol. The maximum Gasteiger partial charge on any atom is 0.0907 e. The largest absolute Gasteiger partial charge is 0.328 e. The Morgan fingerprint density at radius 2 is 2.29 bits per heavy atom. The van der Waals surface area contributed by atoms with Crippen molar-refractivity contribution in [1.29, 1.82) is 0 Å². The summed E-state index contributed by atoms with van der Waals surface area (Å²) in [4.78, 5) is 4.46. The van der Waals surface area contributed by atoms with E-state index in [-0.39, 0.29) is 6.04 Å². The van der Waals surface area contributed by atoms with Crippen LogP contribution >= 0.6 is 11.3 Å². The van der Waals surface area contributed by atoms with Crippen molar-refractivity contribution in [2.24, 2.45) is 5.73 Å². The standard InChI is InChI=1S/C11H14N2S/c1-7(12)6-9-4-3-5-10-11(9)14-8(2)13-10/h3-5,7H,6,12H2,1-2H3. The summed E-state index contributed by atoms with van der Waals surface area (Å²) in [6.07, 6.45) is 0.930. The summed E-state index contributed by atoms with van der Waals surface area (Å²) < 4.78 is 1.29. The zero-order valence-corrected chi connectivity index (χ0v) is 9.27. The van der Waals surface area contributed by atoms with Crippen molar-refractivity contribution in [3.8, 4) is 0 Å². The minimum absolute atomic E-state index is 0.211. The average molecular weight is 206 g/mol. The van der Waals surface area contributed by atoms with Crippen molar-refractivity contribution in [2.75, 3.05) is 0 Å². The predicted molar refractivity (Wildman–Crippen MR) is 61.7 cm³/mol. The van der Waals surface area contributed by atoms with E-state index < -0.39 is 0 Å². The highest BCUT2D eigenvalue weighted by atomic mass is 32.1. The molecule has 2 N–H and O–H groups in total. The van der Waals surface area contributed by atoms with Gasteiger partial charge in [-0.05, 0) is 31.9 Å². The molecule has 0 radical (unpaired) electrons. The van der Waals surface area contributed by atoms with Gasteiger partial charge in [-0.15, -0.1) is 11.3 Å². The first-order chi connectivity index (χ1) is 6.66. The Hall–Kier alpha value is -0.930. The van der Waals surface area contributed by atoms with Crippen molar-refractivity contribution in [3.63, 3.8) is 0 Å². The summed E-state index contributed by atoms with van der Waals surface area (Å²) in [5, 5.41) is 1.12. The van der Waals surface area contributed by atoms with Gasteiger partial charge in [0, 0.05) is 6.04 Å². The van der Waals surface area contributed by atoms with Gasteiger partial charge in [0.2, 0.25) is 0 Å². The number of aromatic nitrogens is 1. The second-order valence-corrected chi connectivity index (χ2v) is 4.88. The van der Waals surface area contributed by atoms with Crippen molar-refractivity contribution in [2.45, 2.75) is 26.3 Å². The van der Waals surface area contributed by atoms with Gasteiger partial charge >= 0.3 is 0 Å². The molecule has 0 bridgehead atoms. The van der Waals surface area contributed by atoms with Crippen LogP contribution in [0.4, 0.5) is 0 Å². The Bertz CT molecular complexity index is 445. The second kappa shape index (κ2) is 3.67. The molecule has 0 aliphatic rings. The number of hydrogen-bond donors (Lipinski definition) is 1. The third kappa shape index (κ3) is 1.79. The molecule has 3 heteroatoms. The first-order valence-corrected chi connectivity index (χ1v) is 5.59. The van der Waals surface area contributed by atoms with Crippen LogP contribution in [0.3, 0.4) is 0 Å². The van der Waals surface area contributed by atoms with Crippen LogP contribution in [0, 0.1) is 6.92 Å². The molecule has 0 spiro atoms. The summed E-state index contributed by atoms with van der Waals surface area (Å²) in [6.45, 7) is 4.08. The third-order valence-corrected chi connectivity index (χ3v) is 3.21. The number of fused-ring (bicyclic) bond motifs is 1. The van der Waals surface area contributed by atoms with E-state index in [1.165, 1.54) is 10.3 Å². The molecule has 0 aliphatic carbocycles. The van der Waals surface area contributed by atoms with E-state index in [1.54, 1.807) is 11.3 Å². The molecule has 2 rings (SSSR count). The molecule has 0 amide bonds. The molecule has 1 heterocycles. The molecule has 1 unspecified atom stereocenters. The fourth-order valence-corrected chi connectivity index (χ4v) is 2.57. The van der Waals surface area contributed by atoms with E-state index in [9.17, 15) is 0 Å². The molecule has 0 fully saturated rings. The van der Waals surface area contributed by atoms with Gasteiger partial charge < -0.3 is 5.73 Å². The lowest BCUT2D eigenvalue weighted by atomic mass is 10.1. The van der Waals surface area contributed by atoms with E-state index in [2.05, 4.69) is 23.2 Å². The quantitative estimate of drug-likeness (QED) is 0.820. The minimum Gasteiger partial charge on any atom is -0.328 e. The van der Waals surface area contributed by atoms with Gasteiger partial charge in [0.15, 0.2) is 0 Å². The fourth-order valence-electron chi connectivity index (χ4n) is 1.62. The van der Waals surface area contributed by atoms with Gasteiger partial charge in [-0.1, -0.05) is 12.1 Å². The maximum absolute atomic E-state index is 5.81. The molecule has 0 saturated carbocycles. The number of nitrogens with two attached hydrogens (primary N) is 1. The Morgan fingerprint density at radius 1 is 1.50 bits per heavy atom. The van der Waals surface area contributed by atoms with Crippen LogP contribution in [0.5, 0.6) is 0 Å². The zero-order chi connectivity index (χ0) is 10.1. The normalized spacial score (nSPS) is 13.4. The lowest BCUT2D eigenvalue weighted by Gasteiger charge is -2.05. The van der Waals surface area contributed by atoms with Crippen LogP contribution in [-0.4, -0.2) is 11.0 Å². The lowest BCUT2D eigenvalue weighted by Crippen LogP contribution is -2.17. The SMILES string of the molecule is Cc1nc2cccc(CC(C)N)c2s1. The highest BCUT2D eigenvalue weighted by molar-refractivity contribution is 7.18. The first-order valence-electron chi connectivity index (χ1n) is 4.77. The summed E-state index contributed by atoms with van der Waals surface area (Å²) in [6, 6.07) is 6.47. The molecule has 0 aliphatic heterocycles. The van der Waals surface area contributed by atoms with Crippen LogP contribution < -0.4 is 5.73 Å². The number of rotatable bonds is 2. The third-order valence-electron chi connectivity index (χ3n) is 2.15. The highest BCUT2D eigenvalue weighted by Crippen LogP contribution is 2.25. The van der Waals surface area contributed by atoms with Gasteiger partial charge in [-0.25, -0.2) is 4.98 Å². The number of nitrogens with zero attached hydrogens (tertiary/aromatic N) is 1. The van der Waals surface area contributed by atoms with Gasteiger partial charge in [0.25, 0.3) is 0 Å². The Balaban J connectivity index is 2.53. The molecule has 1 aromatic carbocycles. The van der Waals surface area contributed by atoms with E-state index in [0.717, 1.165) is 16.9 Å². The maximum atomic E-state index is 5.81. The summed E-state index contributed by atoms with van der Waals surface area (Å²) >= 11 is 1.75. The molecule has 2 nitrogen and oxygen atoms in total. The average Bonchev–Trinajstić information content (AvgIpc) is 2.45. The van der Waals surface area contributed by atoms with Crippen LogP contribution in [0.25, 0.3) is 10.2 Å².